The zero-order valence-electron chi connectivity index (χ0n) is 21.8. The van der Waals surface area contributed by atoms with Crippen molar-refractivity contribution in [3.05, 3.63) is 53.9 Å². The maximum atomic E-state index is 13.4. The van der Waals surface area contributed by atoms with Crippen LogP contribution in [0.15, 0.2) is 42.7 Å². The number of carbonyl (C=O) groups is 2. The highest BCUT2D eigenvalue weighted by Crippen LogP contribution is 2.26. The van der Waals surface area contributed by atoms with Crippen LogP contribution < -0.4 is 10.2 Å². The number of hydrogen-bond acceptors (Lipinski definition) is 9. The first-order valence-corrected chi connectivity index (χ1v) is 12.9. The topological polar surface area (TPSA) is 132 Å². The molecule has 5 heterocycles. The number of ether oxygens (including phenoxy) is 2. The van der Waals surface area contributed by atoms with Gasteiger partial charge in [0.2, 0.25) is 5.82 Å². The van der Waals surface area contributed by atoms with Gasteiger partial charge in [-0.05, 0) is 42.8 Å². The van der Waals surface area contributed by atoms with E-state index in [0.717, 1.165) is 35.4 Å². The molecule has 0 bridgehead atoms. The molecule has 2 fully saturated rings. The van der Waals surface area contributed by atoms with Gasteiger partial charge in [-0.25, -0.2) is 9.31 Å². The van der Waals surface area contributed by atoms with Crippen LogP contribution in [0.4, 0.5) is 16.2 Å². The minimum Gasteiger partial charge on any atom is -0.450 e. The van der Waals surface area contributed by atoms with E-state index in [1.807, 2.05) is 43.5 Å². The molecule has 0 radical (unpaired) electrons. The molecule has 2 saturated heterocycles. The Balaban J connectivity index is 1.18. The molecule has 3 aromatic heterocycles. The normalized spacial score (nSPS) is 15.8. The largest absolute Gasteiger partial charge is 0.450 e. The highest BCUT2D eigenvalue weighted by Gasteiger charge is 2.34. The first-order chi connectivity index (χ1) is 19.0. The van der Waals surface area contributed by atoms with Gasteiger partial charge in [-0.15, -0.1) is 10.2 Å². The fourth-order valence-corrected chi connectivity index (χ4v) is 4.71. The molecular formula is C26H29N9O4. The smallest absolute Gasteiger partial charge is 0.409 e. The van der Waals surface area contributed by atoms with E-state index in [2.05, 4.69) is 30.7 Å². The Bertz CT molecular complexity index is 1520. The minimum atomic E-state index is -0.337. The Labute approximate surface area is 224 Å². The number of nitrogens with zero attached hydrogens (tertiary/aromatic N) is 8. The van der Waals surface area contributed by atoms with Gasteiger partial charge < -0.3 is 24.6 Å². The summed E-state index contributed by atoms with van der Waals surface area (Å²) in [6, 6.07) is 9.57. The third kappa shape index (κ3) is 4.88. The van der Waals surface area contributed by atoms with Gasteiger partial charge in [0, 0.05) is 36.2 Å². The number of hydrogen-bond donors (Lipinski definition) is 1. The summed E-state index contributed by atoms with van der Waals surface area (Å²) >= 11 is 0. The molecule has 6 rings (SSSR count). The molecule has 2 aliphatic rings. The number of anilines is 2. The number of benzene rings is 1. The van der Waals surface area contributed by atoms with Crippen LogP contribution >= 0.6 is 0 Å². The highest BCUT2D eigenvalue weighted by atomic mass is 16.6. The van der Waals surface area contributed by atoms with Crippen LogP contribution in [0.1, 0.15) is 28.9 Å². The van der Waals surface area contributed by atoms with Crippen molar-refractivity contribution in [1.29, 1.82) is 0 Å². The molecule has 13 nitrogen and oxygen atoms in total. The van der Waals surface area contributed by atoms with E-state index < -0.39 is 0 Å². The average Bonchev–Trinajstić information content (AvgIpc) is 3.57. The second-order valence-corrected chi connectivity index (χ2v) is 9.55. The van der Waals surface area contributed by atoms with Crippen LogP contribution in [0.25, 0.3) is 16.9 Å². The molecule has 4 aromatic rings. The molecule has 39 heavy (non-hydrogen) atoms. The second-order valence-electron chi connectivity index (χ2n) is 9.55. The number of aromatic nitrogens is 6. The van der Waals surface area contributed by atoms with E-state index in [9.17, 15) is 9.59 Å². The number of aryl methyl sites for hydroxylation is 1. The molecule has 0 atom stereocenters. The Morgan fingerprint density at radius 2 is 1.97 bits per heavy atom. The summed E-state index contributed by atoms with van der Waals surface area (Å²) < 4.78 is 12.2. The van der Waals surface area contributed by atoms with Gasteiger partial charge in [0.1, 0.15) is 6.04 Å². The second kappa shape index (κ2) is 10.3. The zero-order chi connectivity index (χ0) is 26.9. The average molecular weight is 532 g/mol. The van der Waals surface area contributed by atoms with Crippen LogP contribution in [-0.4, -0.2) is 92.7 Å². The maximum Gasteiger partial charge on any atom is 0.409 e. The lowest BCUT2D eigenvalue weighted by Gasteiger charge is -2.36. The first kappa shape index (κ1) is 24.8. The summed E-state index contributed by atoms with van der Waals surface area (Å²) in [4.78, 5) is 30.5. The molecule has 1 N–H and O–H groups in total. The molecule has 1 aromatic carbocycles. The van der Waals surface area contributed by atoms with Crippen molar-refractivity contribution in [3.8, 4) is 11.4 Å². The van der Waals surface area contributed by atoms with Gasteiger partial charge in [0.15, 0.2) is 0 Å². The number of amides is 2. The third-order valence-electron chi connectivity index (χ3n) is 7.01. The lowest BCUT2D eigenvalue weighted by atomic mass is 10.1. The van der Waals surface area contributed by atoms with E-state index in [-0.39, 0.29) is 18.0 Å². The summed E-state index contributed by atoms with van der Waals surface area (Å²) in [6.07, 6.45) is 3.11. The van der Waals surface area contributed by atoms with Crippen molar-refractivity contribution in [2.24, 2.45) is 0 Å². The van der Waals surface area contributed by atoms with E-state index in [1.165, 1.54) is 4.80 Å². The Hall–Kier alpha value is -4.52. The molecule has 202 valence electrons. The standard InChI is InChI=1S/C26H29N9O4/c1-3-39-26(37)33-15-20(16-33)35-30-24(29-31-35)18-5-4-17(2)22(12-18)28-25(36)21-14-27-34-7-6-19(13-23(21)34)32-8-10-38-11-9-32/h4-7,12-14,20H,3,8-11,15-16H2,1-2H3,(H,28,36). The van der Waals surface area contributed by atoms with Gasteiger partial charge in [0.25, 0.3) is 5.91 Å². The number of pyridine rings is 1. The summed E-state index contributed by atoms with van der Waals surface area (Å²) in [5, 5.41) is 20.3. The van der Waals surface area contributed by atoms with Crippen molar-refractivity contribution >= 4 is 28.9 Å². The number of nitrogens with one attached hydrogen (secondary N) is 1. The predicted octanol–water partition coefficient (Wildman–Crippen LogP) is 2.40. The number of carbonyl (C=O) groups excluding carboxylic acids is 2. The van der Waals surface area contributed by atoms with Crippen LogP contribution in [0.3, 0.4) is 0 Å². The van der Waals surface area contributed by atoms with Crippen LogP contribution in [0.5, 0.6) is 0 Å². The summed E-state index contributed by atoms with van der Waals surface area (Å²) in [6.45, 7) is 7.96. The van der Waals surface area contributed by atoms with Gasteiger partial charge >= 0.3 is 6.09 Å². The van der Waals surface area contributed by atoms with E-state index in [0.29, 0.717) is 50.0 Å². The molecule has 13 heteroatoms. The fraction of sp³-hybridized carbons (Fsp3) is 0.385. The first-order valence-electron chi connectivity index (χ1n) is 12.9. The van der Waals surface area contributed by atoms with Gasteiger partial charge in [0.05, 0.1) is 50.2 Å². The quantitative estimate of drug-likeness (QED) is 0.398. The number of likely N-dealkylation sites (tertiary alicyclic amines) is 1. The van der Waals surface area contributed by atoms with Gasteiger partial charge in [-0.1, -0.05) is 12.1 Å². The number of fused-ring (bicyclic) bond motifs is 1. The molecule has 0 aliphatic carbocycles. The monoisotopic (exact) mass is 531 g/mol. The molecule has 0 unspecified atom stereocenters. The van der Waals surface area contributed by atoms with Crippen molar-refractivity contribution < 1.29 is 19.1 Å². The predicted molar refractivity (Wildman–Crippen MR) is 142 cm³/mol. The van der Waals surface area contributed by atoms with Crippen LogP contribution in [0.2, 0.25) is 0 Å². The third-order valence-corrected chi connectivity index (χ3v) is 7.01. The maximum absolute atomic E-state index is 13.4. The number of morpholine rings is 1. The van der Waals surface area contributed by atoms with Gasteiger partial charge in [-0.2, -0.15) is 9.90 Å². The minimum absolute atomic E-state index is 0.0572. The molecule has 0 saturated carbocycles. The van der Waals surface area contributed by atoms with Crippen molar-refractivity contribution in [3.63, 3.8) is 0 Å². The molecule has 0 spiro atoms. The SMILES string of the molecule is CCOC(=O)N1CC(n2nnc(-c3ccc(C)c(NC(=O)c4cnn5ccc(N6CCOCC6)cc45)c3)n2)C1. The summed E-state index contributed by atoms with van der Waals surface area (Å²) in [7, 11) is 0. The van der Waals surface area contributed by atoms with E-state index in [4.69, 9.17) is 9.47 Å². The zero-order valence-corrected chi connectivity index (χ0v) is 21.8. The summed E-state index contributed by atoms with van der Waals surface area (Å²) in [5.74, 6) is 0.181. The summed E-state index contributed by atoms with van der Waals surface area (Å²) in [5.41, 5.74) is 4.51. The molecule has 2 aliphatic heterocycles. The van der Waals surface area contributed by atoms with Crippen molar-refractivity contribution in [2.75, 3.05) is 56.2 Å². The fourth-order valence-electron chi connectivity index (χ4n) is 4.71. The van der Waals surface area contributed by atoms with Crippen molar-refractivity contribution in [1.82, 2.24) is 34.7 Å². The van der Waals surface area contributed by atoms with E-state index in [1.54, 1.807) is 22.5 Å². The highest BCUT2D eigenvalue weighted by molar-refractivity contribution is 6.09. The van der Waals surface area contributed by atoms with Crippen molar-refractivity contribution in [2.45, 2.75) is 19.9 Å². The van der Waals surface area contributed by atoms with Crippen LogP contribution in [0, 0.1) is 6.92 Å². The Morgan fingerprint density at radius 3 is 2.77 bits per heavy atom. The lowest BCUT2D eigenvalue weighted by Crippen LogP contribution is -2.51. The number of rotatable bonds is 6. The Morgan fingerprint density at radius 1 is 1.15 bits per heavy atom. The molecular weight excluding hydrogens is 502 g/mol. The number of tetrazole rings is 1. The molecule has 2 amide bonds. The van der Waals surface area contributed by atoms with Crippen LogP contribution in [-0.2, 0) is 9.47 Å². The van der Waals surface area contributed by atoms with Gasteiger partial charge in [-0.3, -0.25) is 4.79 Å². The van der Waals surface area contributed by atoms with E-state index >= 15 is 0 Å². The lowest BCUT2D eigenvalue weighted by molar-refractivity contribution is 0.0523. The Kier molecular flexibility index (Phi) is 6.57.